The monoisotopic (exact) mass is 446 g/mol. The number of carboxylic acids is 1. The van der Waals surface area contributed by atoms with Crippen LogP contribution in [0.3, 0.4) is 0 Å². The average molecular weight is 447 g/mol. The van der Waals surface area contributed by atoms with E-state index in [9.17, 15) is 18.0 Å². The van der Waals surface area contributed by atoms with Crippen LogP contribution in [0.2, 0.25) is 5.02 Å². The van der Waals surface area contributed by atoms with Crippen LogP contribution in [-0.4, -0.2) is 60.5 Å². The third kappa shape index (κ3) is 4.61. The summed E-state index contributed by atoms with van der Waals surface area (Å²) in [6.07, 6.45) is 0.0959. The van der Waals surface area contributed by atoms with E-state index in [1.807, 2.05) is 0 Å². The highest BCUT2D eigenvalue weighted by Gasteiger charge is 2.50. The molecule has 2 saturated heterocycles. The fraction of sp³-hybridized carbons (Fsp3) is 0.471. The lowest BCUT2D eigenvalue weighted by Gasteiger charge is -2.26. The van der Waals surface area contributed by atoms with Crippen molar-refractivity contribution < 1.29 is 27.9 Å². The average Bonchev–Trinajstić information content (AvgIpc) is 3.05. The lowest BCUT2D eigenvalue weighted by Crippen LogP contribution is -2.38. The molecule has 8 nitrogen and oxygen atoms in total. The van der Waals surface area contributed by atoms with Crippen LogP contribution in [0, 0.1) is 0 Å². The Hall–Kier alpha value is -1.78. The largest absolute Gasteiger partial charge is 0.495 e. The van der Waals surface area contributed by atoms with Gasteiger partial charge < -0.3 is 14.7 Å². The van der Waals surface area contributed by atoms with E-state index in [1.54, 1.807) is 23.1 Å². The molecule has 0 spiro atoms. The SMILES string of the molecule is COc1cc(Cl)ccc1N1C(=NC(=O)CCCC(=O)O)S[C@H]2CS(=O)(=O)C[C@@H]21. The molecule has 3 rings (SSSR count). The molecular formula is C17H19ClN2O6S2. The molecule has 0 unspecified atom stereocenters. The van der Waals surface area contributed by atoms with E-state index < -0.39 is 21.7 Å². The van der Waals surface area contributed by atoms with Crippen molar-refractivity contribution in [3.63, 3.8) is 0 Å². The molecule has 2 heterocycles. The fourth-order valence-electron chi connectivity index (χ4n) is 3.25. The molecule has 1 N–H and O–H groups in total. The lowest BCUT2D eigenvalue weighted by atomic mass is 10.2. The number of carbonyl (C=O) groups is 2. The first-order chi connectivity index (χ1) is 13.2. The Morgan fingerprint density at radius 2 is 2.11 bits per heavy atom. The van der Waals surface area contributed by atoms with Gasteiger partial charge in [0.15, 0.2) is 15.0 Å². The number of amidine groups is 1. The Morgan fingerprint density at radius 1 is 1.36 bits per heavy atom. The van der Waals surface area contributed by atoms with Gasteiger partial charge in [-0.1, -0.05) is 23.4 Å². The standard InChI is InChI=1S/C17H19ClN2O6S2/c1-26-13-7-10(18)5-6-11(13)20-12-8-28(24,25)9-14(12)27-17(20)19-15(21)3-2-4-16(22)23/h5-7,12,14H,2-4,8-9H2,1H3,(H,22,23)/t12-,14-/m0/s1. The van der Waals surface area contributed by atoms with Crippen molar-refractivity contribution in [2.75, 3.05) is 23.5 Å². The number of aliphatic imine (C=N–C) groups is 1. The number of carboxylic acid groups (broad SMARTS) is 1. The predicted octanol–water partition coefficient (Wildman–Crippen LogP) is 2.20. The van der Waals surface area contributed by atoms with Gasteiger partial charge in [0.25, 0.3) is 0 Å². The maximum atomic E-state index is 12.2. The van der Waals surface area contributed by atoms with Gasteiger partial charge >= 0.3 is 5.97 Å². The molecule has 2 aliphatic rings. The summed E-state index contributed by atoms with van der Waals surface area (Å²) in [6.45, 7) is 0. The number of carbonyl (C=O) groups excluding carboxylic acids is 1. The summed E-state index contributed by atoms with van der Waals surface area (Å²) in [4.78, 5) is 28.7. The molecule has 1 aromatic carbocycles. The molecule has 2 fully saturated rings. The number of amides is 1. The Kier molecular flexibility index (Phi) is 6.21. The third-order valence-corrected chi connectivity index (χ3v) is 7.91. The molecule has 1 amide bonds. The lowest BCUT2D eigenvalue weighted by molar-refractivity contribution is -0.137. The van der Waals surface area contributed by atoms with Crippen molar-refractivity contribution >= 4 is 55.9 Å². The van der Waals surface area contributed by atoms with Gasteiger partial charge in [0, 0.05) is 29.2 Å². The zero-order chi connectivity index (χ0) is 20.5. The number of aliphatic carboxylic acids is 1. The van der Waals surface area contributed by atoms with Crippen LogP contribution in [0.5, 0.6) is 5.75 Å². The maximum Gasteiger partial charge on any atom is 0.303 e. The minimum Gasteiger partial charge on any atom is -0.495 e. The van der Waals surface area contributed by atoms with E-state index >= 15 is 0 Å². The first-order valence-electron chi connectivity index (χ1n) is 8.53. The number of methoxy groups -OCH3 is 1. The van der Waals surface area contributed by atoms with Crippen LogP contribution in [0.4, 0.5) is 5.69 Å². The Labute approximate surface area is 171 Å². The normalized spacial score (nSPS) is 24.4. The highest BCUT2D eigenvalue weighted by atomic mass is 35.5. The molecule has 0 aromatic heterocycles. The van der Waals surface area contributed by atoms with Crippen molar-refractivity contribution in [2.24, 2.45) is 4.99 Å². The van der Waals surface area contributed by atoms with Crippen LogP contribution in [0.1, 0.15) is 19.3 Å². The molecule has 11 heteroatoms. The highest BCUT2D eigenvalue weighted by molar-refractivity contribution is 8.16. The van der Waals surface area contributed by atoms with Crippen LogP contribution in [0.25, 0.3) is 0 Å². The molecule has 0 aliphatic carbocycles. The Morgan fingerprint density at radius 3 is 2.79 bits per heavy atom. The molecule has 152 valence electrons. The first kappa shape index (κ1) is 20.9. The summed E-state index contributed by atoms with van der Waals surface area (Å²) in [6, 6.07) is 4.62. The van der Waals surface area contributed by atoms with Crippen molar-refractivity contribution in [1.82, 2.24) is 0 Å². The topological polar surface area (TPSA) is 113 Å². The zero-order valence-corrected chi connectivity index (χ0v) is 17.4. The molecule has 1 aromatic rings. The van der Waals surface area contributed by atoms with Gasteiger partial charge in [-0.05, 0) is 18.6 Å². The second-order valence-electron chi connectivity index (χ2n) is 6.52. The number of ether oxygens (including phenoxy) is 1. The number of sulfone groups is 1. The van der Waals surface area contributed by atoms with Gasteiger partial charge in [0.2, 0.25) is 5.91 Å². The molecule has 2 aliphatic heterocycles. The number of fused-ring (bicyclic) bond motifs is 1. The highest BCUT2D eigenvalue weighted by Crippen LogP contribution is 2.44. The van der Waals surface area contributed by atoms with Gasteiger partial charge in [-0.3, -0.25) is 9.59 Å². The fourth-order valence-corrected chi connectivity index (χ4v) is 7.34. The van der Waals surface area contributed by atoms with Crippen molar-refractivity contribution in [1.29, 1.82) is 0 Å². The van der Waals surface area contributed by atoms with E-state index in [0.717, 1.165) is 0 Å². The van der Waals surface area contributed by atoms with Gasteiger partial charge in [-0.15, -0.1) is 0 Å². The van der Waals surface area contributed by atoms with Crippen LogP contribution in [0.15, 0.2) is 23.2 Å². The van der Waals surface area contributed by atoms with E-state index in [0.29, 0.717) is 21.6 Å². The van der Waals surface area contributed by atoms with Gasteiger partial charge in [0.05, 0.1) is 30.3 Å². The van der Waals surface area contributed by atoms with E-state index in [4.69, 9.17) is 21.4 Å². The minimum atomic E-state index is -3.18. The summed E-state index contributed by atoms with van der Waals surface area (Å²) in [5, 5.41) is 9.32. The molecule has 0 bridgehead atoms. The summed E-state index contributed by atoms with van der Waals surface area (Å²) in [5.74, 6) is -0.986. The Bertz CT molecular complexity index is 934. The number of rotatable bonds is 6. The third-order valence-electron chi connectivity index (χ3n) is 4.47. The van der Waals surface area contributed by atoms with Gasteiger partial charge in [0.1, 0.15) is 5.75 Å². The van der Waals surface area contributed by atoms with E-state index in [2.05, 4.69) is 4.99 Å². The summed E-state index contributed by atoms with van der Waals surface area (Å²) in [5.41, 5.74) is 0.584. The number of anilines is 1. The van der Waals surface area contributed by atoms with Crippen molar-refractivity contribution in [2.45, 2.75) is 30.6 Å². The van der Waals surface area contributed by atoms with E-state index in [1.165, 1.54) is 18.9 Å². The zero-order valence-electron chi connectivity index (χ0n) is 15.0. The summed E-state index contributed by atoms with van der Waals surface area (Å²) in [7, 11) is -1.70. The summed E-state index contributed by atoms with van der Waals surface area (Å²) < 4.78 is 29.6. The number of nitrogens with zero attached hydrogens (tertiary/aromatic N) is 2. The number of hydrogen-bond acceptors (Lipinski definition) is 6. The number of thioether (sulfide) groups is 1. The second kappa shape index (κ2) is 8.30. The van der Waals surface area contributed by atoms with Crippen molar-refractivity contribution in [3.8, 4) is 5.75 Å². The number of halogens is 1. The quantitative estimate of drug-likeness (QED) is 0.707. The van der Waals surface area contributed by atoms with Gasteiger partial charge in [-0.25, -0.2) is 8.42 Å². The van der Waals surface area contributed by atoms with E-state index in [-0.39, 0.29) is 42.1 Å². The minimum absolute atomic E-state index is 0.00951. The number of hydrogen-bond donors (Lipinski definition) is 1. The van der Waals surface area contributed by atoms with Gasteiger partial charge in [-0.2, -0.15) is 4.99 Å². The second-order valence-corrected chi connectivity index (χ2v) is 10.3. The first-order valence-corrected chi connectivity index (χ1v) is 11.6. The Balaban J connectivity index is 1.92. The molecule has 0 saturated carbocycles. The molecule has 2 atom stereocenters. The van der Waals surface area contributed by atoms with Crippen molar-refractivity contribution in [3.05, 3.63) is 23.2 Å². The number of benzene rings is 1. The van der Waals surface area contributed by atoms with Crippen LogP contribution >= 0.6 is 23.4 Å². The van der Waals surface area contributed by atoms with Crippen LogP contribution < -0.4 is 9.64 Å². The molecule has 0 radical (unpaired) electrons. The maximum absolute atomic E-state index is 12.2. The molecule has 28 heavy (non-hydrogen) atoms. The summed E-state index contributed by atoms with van der Waals surface area (Å²) >= 11 is 7.28. The predicted molar refractivity (Wildman–Crippen MR) is 108 cm³/mol. The van der Waals surface area contributed by atoms with Crippen LogP contribution in [-0.2, 0) is 19.4 Å². The smallest absolute Gasteiger partial charge is 0.303 e. The molecular weight excluding hydrogens is 428 g/mol.